The molecule has 0 fully saturated rings. The minimum Gasteiger partial charge on any atom is -0.384 e. The Morgan fingerprint density at radius 2 is 2.00 bits per heavy atom. The predicted molar refractivity (Wildman–Crippen MR) is 67.8 cm³/mol. The summed E-state index contributed by atoms with van der Waals surface area (Å²) in [4.78, 5) is 1.21. The molecule has 0 aliphatic heterocycles. The van der Waals surface area contributed by atoms with Crippen LogP contribution in [0, 0.1) is 0 Å². The first-order valence-corrected chi connectivity index (χ1v) is 5.99. The molecule has 0 unspecified atom stereocenters. The van der Waals surface area contributed by atoms with Gasteiger partial charge in [-0.1, -0.05) is 50.0 Å². The van der Waals surface area contributed by atoms with E-state index >= 15 is 0 Å². The summed E-state index contributed by atoms with van der Waals surface area (Å²) in [6.45, 7) is 4.34. The van der Waals surface area contributed by atoms with Gasteiger partial charge in [-0.05, 0) is 30.0 Å². The van der Waals surface area contributed by atoms with Crippen LogP contribution in [0.25, 0.3) is 0 Å². The molecule has 0 radical (unpaired) electrons. The summed E-state index contributed by atoms with van der Waals surface area (Å²) in [7, 11) is 0. The van der Waals surface area contributed by atoms with E-state index in [2.05, 4.69) is 32.0 Å². The van der Waals surface area contributed by atoms with Gasteiger partial charge in [0.15, 0.2) is 0 Å². The van der Waals surface area contributed by atoms with Gasteiger partial charge in [0.05, 0.1) is 0 Å². The van der Waals surface area contributed by atoms with E-state index in [1.807, 2.05) is 0 Å². The van der Waals surface area contributed by atoms with Gasteiger partial charge < -0.3 is 5.73 Å². The number of hydrogen-bond acceptors (Lipinski definition) is 2. The quantitative estimate of drug-likeness (QED) is 0.526. The molecule has 78 valence electrons. The Kier molecular flexibility index (Phi) is 7.41. The Balaban J connectivity index is 0.00000196. The van der Waals surface area contributed by atoms with Crippen LogP contribution in [-0.4, -0.2) is 4.32 Å². The van der Waals surface area contributed by atoms with Crippen molar-refractivity contribution in [1.29, 1.82) is 0 Å². The second-order valence-electron chi connectivity index (χ2n) is 3.02. The van der Waals surface area contributed by atoms with Crippen molar-refractivity contribution >= 4 is 28.3 Å². The third-order valence-electron chi connectivity index (χ3n) is 2.18. The van der Waals surface area contributed by atoms with E-state index in [0.29, 0.717) is 4.32 Å². The van der Waals surface area contributed by atoms with Gasteiger partial charge in [0.1, 0.15) is 4.32 Å². The molecular weight excluding hydrogens is 276 g/mol. The fraction of sp³-hybridized carbons (Fsp3) is 0.364. The number of thioether (sulfide) groups is 1. The maximum absolute atomic E-state index is 5.53. The van der Waals surface area contributed by atoms with Crippen molar-refractivity contribution in [1.82, 2.24) is 0 Å². The molecule has 15 heavy (non-hydrogen) atoms. The largest absolute Gasteiger partial charge is 0.384 e. The van der Waals surface area contributed by atoms with Crippen LogP contribution < -0.4 is 5.73 Å². The SMILES string of the molecule is CCc1cccc(SC(N)=S)c1CC.[Zn]. The topological polar surface area (TPSA) is 26.0 Å². The van der Waals surface area contributed by atoms with E-state index in [9.17, 15) is 0 Å². The van der Waals surface area contributed by atoms with E-state index in [1.165, 1.54) is 27.8 Å². The molecule has 0 atom stereocenters. The van der Waals surface area contributed by atoms with Crippen LogP contribution in [0.3, 0.4) is 0 Å². The van der Waals surface area contributed by atoms with Crippen molar-refractivity contribution in [2.24, 2.45) is 5.73 Å². The first-order chi connectivity index (χ1) is 6.69. The molecule has 1 aromatic rings. The van der Waals surface area contributed by atoms with Gasteiger partial charge in [-0.3, -0.25) is 0 Å². The first-order valence-electron chi connectivity index (χ1n) is 4.77. The fourth-order valence-electron chi connectivity index (χ4n) is 1.55. The average molecular weight is 291 g/mol. The van der Waals surface area contributed by atoms with E-state index in [4.69, 9.17) is 18.0 Å². The third kappa shape index (κ3) is 4.22. The summed E-state index contributed by atoms with van der Waals surface area (Å²) in [6.07, 6.45) is 2.10. The number of aryl methyl sites for hydroxylation is 1. The van der Waals surface area contributed by atoms with Crippen molar-refractivity contribution in [3.63, 3.8) is 0 Å². The Hall–Kier alpha value is 0.0834. The van der Waals surface area contributed by atoms with Crippen LogP contribution in [0.2, 0.25) is 0 Å². The molecule has 0 aliphatic rings. The monoisotopic (exact) mass is 289 g/mol. The Bertz CT molecular complexity index is 339. The molecule has 0 amide bonds. The van der Waals surface area contributed by atoms with Crippen molar-refractivity contribution in [2.45, 2.75) is 31.6 Å². The molecule has 0 saturated carbocycles. The van der Waals surface area contributed by atoms with Crippen LogP contribution in [0.1, 0.15) is 25.0 Å². The number of rotatable bonds is 3. The second-order valence-corrected chi connectivity index (χ2v) is 4.80. The minimum atomic E-state index is 0. The second kappa shape index (κ2) is 7.37. The van der Waals surface area contributed by atoms with Gasteiger partial charge in [-0.2, -0.15) is 0 Å². The molecule has 1 aromatic carbocycles. The summed E-state index contributed by atoms with van der Waals surface area (Å²) >= 11 is 6.39. The molecule has 0 aromatic heterocycles. The number of hydrogen-bond donors (Lipinski definition) is 1. The van der Waals surface area contributed by atoms with E-state index < -0.39 is 0 Å². The van der Waals surface area contributed by atoms with E-state index in [-0.39, 0.29) is 19.5 Å². The average Bonchev–Trinajstić information content (AvgIpc) is 2.16. The van der Waals surface area contributed by atoms with Gasteiger partial charge in [0, 0.05) is 24.4 Å². The Labute approximate surface area is 114 Å². The zero-order valence-corrected chi connectivity index (χ0v) is 13.8. The molecule has 0 bridgehead atoms. The molecule has 4 heteroatoms. The summed E-state index contributed by atoms with van der Waals surface area (Å²) in [5.41, 5.74) is 8.31. The smallest absolute Gasteiger partial charge is 0.136 e. The summed E-state index contributed by atoms with van der Waals surface area (Å²) in [5.74, 6) is 0. The van der Waals surface area contributed by atoms with Gasteiger partial charge in [-0.15, -0.1) is 0 Å². The Morgan fingerprint density at radius 3 is 2.47 bits per heavy atom. The minimum absolute atomic E-state index is 0. The molecule has 0 saturated heterocycles. The standard InChI is InChI=1S/C11H15NS2.Zn/c1-3-8-6-5-7-10(9(8)4-2)14-11(12)13;/h5-7H,3-4H2,1-2H3,(H2,12,13);. The van der Waals surface area contributed by atoms with Crippen molar-refractivity contribution < 1.29 is 19.5 Å². The predicted octanol–water partition coefficient (Wildman–Crippen LogP) is 3.14. The maximum Gasteiger partial charge on any atom is 0.136 e. The van der Waals surface area contributed by atoms with Crippen LogP contribution >= 0.6 is 24.0 Å². The van der Waals surface area contributed by atoms with Gasteiger partial charge >= 0.3 is 0 Å². The number of thiocarbonyl (C=S) groups is 1. The molecule has 0 spiro atoms. The number of nitrogens with two attached hydrogens (primary N) is 1. The van der Waals surface area contributed by atoms with Crippen LogP contribution in [0.4, 0.5) is 0 Å². The number of benzene rings is 1. The van der Waals surface area contributed by atoms with Gasteiger partial charge in [0.2, 0.25) is 0 Å². The molecule has 0 aliphatic carbocycles. The van der Waals surface area contributed by atoms with Crippen LogP contribution in [0.5, 0.6) is 0 Å². The van der Waals surface area contributed by atoms with Gasteiger partial charge in [-0.25, -0.2) is 0 Å². The Morgan fingerprint density at radius 1 is 1.33 bits per heavy atom. The molecule has 1 rings (SSSR count). The van der Waals surface area contributed by atoms with Crippen molar-refractivity contribution in [3.8, 4) is 0 Å². The summed E-state index contributed by atoms with van der Waals surface area (Å²) in [5, 5.41) is 0. The van der Waals surface area contributed by atoms with Gasteiger partial charge in [0.25, 0.3) is 0 Å². The summed E-state index contributed by atoms with van der Waals surface area (Å²) in [6, 6.07) is 6.32. The van der Waals surface area contributed by atoms with Crippen molar-refractivity contribution in [3.05, 3.63) is 29.3 Å². The molecule has 2 N–H and O–H groups in total. The zero-order chi connectivity index (χ0) is 10.6. The maximum atomic E-state index is 5.53. The summed E-state index contributed by atoms with van der Waals surface area (Å²) < 4.78 is 0.493. The first kappa shape index (κ1) is 15.1. The molecular formula is C11H15NS2Zn. The van der Waals surface area contributed by atoms with Crippen molar-refractivity contribution in [2.75, 3.05) is 0 Å². The normalized spacial score (nSPS) is 9.47. The van der Waals surface area contributed by atoms with Crippen LogP contribution in [-0.2, 0) is 32.3 Å². The zero-order valence-electron chi connectivity index (χ0n) is 9.25. The van der Waals surface area contributed by atoms with E-state index in [1.54, 1.807) is 0 Å². The van der Waals surface area contributed by atoms with E-state index in [0.717, 1.165) is 12.8 Å². The fourth-order valence-corrected chi connectivity index (χ4v) is 2.58. The molecule has 0 heterocycles. The third-order valence-corrected chi connectivity index (χ3v) is 3.23. The molecule has 1 nitrogen and oxygen atoms in total. The van der Waals surface area contributed by atoms with Crippen LogP contribution in [0.15, 0.2) is 23.1 Å².